The fourth-order valence-electron chi connectivity index (χ4n) is 9.74. The number of nitrogens with zero attached hydrogens (tertiary/aromatic N) is 1. The van der Waals surface area contributed by atoms with Gasteiger partial charge in [0, 0.05) is 17.7 Å². The van der Waals surface area contributed by atoms with Crippen molar-refractivity contribution in [3.8, 4) is 11.1 Å². The van der Waals surface area contributed by atoms with Gasteiger partial charge in [0.15, 0.2) is 0 Å². The zero-order valence-electron chi connectivity index (χ0n) is 29.9. The van der Waals surface area contributed by atoms with Crippen molar-refractivity contribution in [3.63, 3.8) is 0 Å². The Morgan fingerprint density at radius 3 is 1.91 bits per heavy atom. The first-order chi connectivity index (χ1) is 26.1. The third-order valence-electron chi connectivity index (χ3n) is 12.2. The SMILES string of the molecule is Cc1cc2c(c(N(C3=C(c4ccccc4)C=C4C(=Cc5ccccc54)C34C=CC=C3C4=Cc4ccccc43)c3ccccc3)c1C)Cc1ccccc1-2. The van der Waals surface area contributed by atoms with Crippen LogP contribution in [-0.4, -0.2) is 0 Å². The molecule has 6 aromatic carbocycles. The molecule has 53 heavy (non-hydrogen) atoms. The molecule has 1 heteroatoms. The minimum Gasteiger partial charge on any atom is -0.311 e. The Kier molecular flexibility index (Phi) is 6.43. The number of anilines is 2. The molecule has 6 aromatic rings. The van der Waals surface area contributed by atoms with Crippen molar-refractivity contribution in [2.24, 2.45) is 5.41 Å². The average Bonchev–Trinajstić information content (AvgIpc) is 3.90. The third kappa shape index (κ3) is 4.19. The quantitative estimate of drug-likeness (QED) is 0.179. The van der Waals surface area contributed by atoms with Gasteiger partial charge < -0.3 is 4.90 Å². The molecule has 1 spiro atoms. The molecule has 0 aromatic heterocycles. The van der Waals surface area contributed by atoms with E-state index >= 15 is 0 Å². The van der Waals surface area contributed by atoms with Crippen molar-refractivity contribution in [1.82, 2.24) is 0 Å². The Morgan fingerprint density at radius 2 is 1.17 bits per heavy atom. The zero-order chi connectivity index (χ0) is 35.3. The van der Waals surface area contributed by atoms with Gasteiger partial charge in [0.25, 0.3) is 0 Å². The van der Waals surface area contributed by atoms with Crippen LogP contribution in [0.3, 0.4) is 0 Å². The highest BCUT2D eigenvalue weighted by Crippen LogP contribution is 2.65. The van der Waals surface area contributed by atoms with Crippen molar-refractivity contribution >= 4 is 40.2 Å². The van der Waals surface area contributed by atoms with E-state index in [0.29, 0.717) is 0 Å². The van der Waals surface area contributed by atoms with Gasteiger partial charge in [-0.3, -0.25) is 0 Å². The molecule has 5 aliphatic rings. The van der Waals surface area contributed by atoms with Crippen molar-refractivity contribution in [1.29, 1.82) is 0 Å². The van der Waals surface area contributed by atoms with Crippen LogP contribution in [0.2, 0.25) is 0 Å². The van der Waals surface area contributed by atoms with Gasteiger partial charge >= 0.3 is 0 Å². The molecule has 1 nitrogen and oxygen atoms in total. The number of para-hydroxylation sites is 1. The predicted molar refractivity (Wildman–Crippen MR) is 222 cm³/mol. The topological polar surface area (TPSA) is 3.24 Å². The molecule has 0 bridgehead atoms. The van der Waals surface area contributed by atoms with Crippen LogP contribution in [0.15, 0.2) is 181 Å². The Hall–Kier alpha value is -6.44. The van der Waals surface area contributed by atoms with Gasteiger partial charge in [-0.1, -0.05) is 146 Å². The molecule has 11 rings (SSSR count). The fraction of sp³-hybridized carbons (Fsp3) is 0.0769. The third-order valence-corrected chi connectivity index (χ3v) is 12.2. The largest absolute Gasteiger partial charge is 0.311 e. The molecule has 0 fully saturated rings. The first kappa shape index (κ1) is 30.2. The molecule has 0 N–H and O–H groups in total. The number of hydrogen-bond donors (Lipinski definition) is 0. The summed E-state index contributed by atoms with van der Waals surface area (Å²) in [6.07, 6.45) is 15.5. The van der Waals surface area contributed by atoms with Crippen LogP contribution in [-0.2, 0) is 6.42 Å². The molecular weight excluding hydrogens is 639 g/mol. The predicted octanol–water partition coefficient (Wildman–Crippen LogP) is 13.0. The first-order valence-electron chi connectivity index (χ1n) is 18.7. The molecule has 250 valence electrons. The van der Waals surface area contributed by atoms with E-state index in [2.05, 4.69) is 195 Å². The van der Waals surface area contributed by atoms with Gasteiger partial charge in [0.1, 0.15) is 0 Å². The lowest BCUT2D eigenvalue weighted by molar-refractivity contribution is 0.679. The maximum atomic E-state index is 2.67. The second-order valence-electron chi connectivity index (χ2n) is 14.9. The second-order valence-corrected chi connectivity index (χ2v) is 14.9. The number of aryl methyl sites for hydroxylation is 1. The minimum atomic E-state index is -0.609. The summed E-state index contributed by atoms with van der Waals surface area (Å²) in [4.78, 5) is 2.67. The fourth-order valence-corrected chi connectivity index (χ4v) is 9.74. The summed E-state index contributed by atoms with van der Waals surface area (Å²) in [5.74, 6) is 0. The minimum absolute atomic E-state index is 0.609. The molecule has 1 atom stereocenters. The van der Waals surface area contributed by atoms with E-state index < -0.39 is 5.41 Å². The van der Waals surface area contributed by atoms with Gasteiger partial charge in [0.05, 0.1) is 16.8 Å². The van der Waals surface area contributed by atoms with E-state index in [1.54, 1.807) is 0 Å². The van der Waals surface area contributed by atoms with Crippen LogP contribution in [0.25, 0.3) is 40.0 Å². The molecule has 5 aliphatic carbocycles. The summed E-state index contributed by atoms with van der Waals surface area (Å²) in [5.41, 5.74) is 24.1. The van der Waals surface area contributed by atoms with Gasteiger partial charge in [-0.15, -0.1) is 0 Å². The Bertz CT molecular complexity index is 2740. The summed E-state index contributed by atoms with van der Waals surface area (Å²) in [6, 6.07) is 51.5. The van der Waals surface area contributed by atoms with Crippen LogP contribution in [0, 0.1) is 19.3 Å². The molecule has 0 aliphatic heterocycles. The van der Waals surface area contributed by atoms with E-state index in [0.717, 1.165) is 12.1 Å². The monoisotopic (exact) mass is 675 g/mol. The molecule has 1 unspecified atom stereocenters. The van der Waals surface area contributed by atoms with E-state index in [1.807, 2.05) is 0 Å². The highest BCUT2D eigenvalue weighted by atomic mass is 15.2. The second kappa shape index (κ2) is 11.3. The molecule has 0 saturated carbocycles. The summed E-state index contributed by atoms with van der Waals surface area (Å²) in [7, 11) is 0. The van der Waals surface area contributed by atoms with Crippen LogP contribution in [0.5, 0.6) is 0 Å². The maximum Gasteiger partial charge on any atom is 0.0810 e. The van der Waals surface area contributed by atoms with Crippen molar-refractivity contribution in [2.75, 3.05) is 4.90 Å². The van der Waals surface area contributed by atoms with Crippen LogP contribution >= 0.6 is 0 Å². The average molecular weight is 676 g/mol. The molecular formula is C52H37N. The number of rotatable bonds is 4. The van der Waals surface area contributed by atoms with Gasteiger partial charge in [-0.25, -0.2) is 0 Å². The van der Waals surface area contributed by atoms with Gasteiger partial charge in [-0.2, -0.15) is 0 Å². The number of allylic oxidation sites excluding steroid dienone is 7. The smallest absolute Gasteiger partial charge is 0.0810 e. The van der Waals surface area contributed by atoms with Crippen LogP contribution < -0.4 is 4.90 Å². The molecule has 0 amide bonds. The lowest BCUT2D eigenvalue weighted by atomic mass is 9.61. The van der Waals surface area contributed by atoms with Crippen molar-refractivity contribution in [3.05, 3.63) is 231 Å². The Labute approximate surface area is 311 Å². The van der Waals surface area contributed by atoms with Crippen molar-refractivity contribution < 1.29 is 0 Å². The Balaban J connectivity index is 1.31. The summed E-state index contributed by atoms with van der Waals surface area (Å²) in [5, 5.41) is 0. The normalized spacial score (nSPS) is 18.3. The van der Waals surface area contributed by atoms with E-state index in [-0.39, 0.29) is 0 Å². The zero-order valence-corrected chi connectivity index (χ0v) is 29.9. The molecule has 0 radical (unpaired) electrons. The van der Waals surface area contributed by atoms with E-state index in [1.165, 1.54) is 100 Å². The maximum absolute atomic E-state index is 2.67. The summed E-state index contributed by atoms with van der Waals surface area (Å²) >= 11 is 0. The number of hydrogen-bond acceptors (Lipinski definition) is 1. The lowest BCUT2D eigenvalue weighted by Gasteiger charge is -2.48. The van der Waals surface area contributed by atoms with Gasteiger partial charge in [0.2, 0.25) is 0 Å². The molecule has 0 heterocycles. The first-order valence-corrected chi connectivity index (χ1v) is 18.7. The lowest BCUT2D eigenvalue weighted by Crippen LogP contribution is -2.39. The molecule has 0 saturated heterocycles. The van der Waals surface area contributed by atoms with Crippen molar-refractivity contribution in [2.45, 2.75) is 20.3 Å². The van der Waals surface area contributed by atoms with Crippen LogP contribution in [0.4, 0.5) is 11.4 Å². The number of fused-ring (bicyclic) bond motifs is 11. The van der Waals surface area contributed by atoms with Crippen LogP contribution in [0.1, 0.15) is 50.1 Å². The number of benzene rings is 6. The van der Waals surface area contributed by atoms with Gasteiger partial charge in [-0.05, 0) is 128 Å². The summed E-state index contributed by atoms with van der Waals surface area (Å²) < 4.78 is 0. The standard InChI is InChI=1S/C52H37N/c1-33-28-45-41-24-13-9-18-36(41)29-47(45)50(34(33)2)53(39-21-7-4-8-22-39)51-44(35-16-5-3-6-17-35)32-46-42-25-14-11-20-38(42)31-49(46)52(51)27-15-26-43-40-23-12-10-19-37(40)30-48(43)52/h3-28,30-32H,29H2,1-2H3. The Morgan fingerprint density at radius 1 is 0.566 bits per heavy atom. The highest BCUT2D eigenvalue weighted by Gasteiger charge is 2.52. The highest BCUT2D eigenvalue weighted by molar-refractivity contribution is 6.11. The van der Waals surface area contributed by atoms with E-state index in [9.17, 15) is 0 Å². The van der Waals surface area contributed by atoms with E-state index in [4.69, 9.17) is 0 Å². The summed E-state index contributed by atoms with van der Waals surface area (Å²) in [6.45, 7) is 4.62.